The molecular formula is C12H15BrN2O2. The molecule has 0 unspecified atom stereocenters. The Balaban J connectivity index is 2.79. The number of hydrogen-bond donors (Lipinski definition) is 2. The summed E-state index contributed by atoms with van der Waals surface area (Å²) in [6.45, 7) is 0. The van der Waals surface area contributed by atoms with Crippen molar-refractivity contribution in [2.45, 2.75) is 0 Å². The van der Waals surface area contributed by atoms with Crippen LogP contribution in [-0.4, -0.2) is 25.4 Å². The van der Waals surface area contributed by atoms with E-state index < -0.39 is 0 Å². The van der Waals surface area contributed by atoms with E-state index in [0.29, 0.717) is 5.33 Å². The van der Waals surface area contributed by atoms with Gasteiger partial charge >= 0.3 is 0 Å². The van der Waals surface area contributed by atoms with Crippen LogP contribution >= 0.6 is 15.9 Å². The first-order valence-corrected chi connectivity index (χ1v) is 6.22. The van der Waals surface area contributed by atoms with Crippen molar-refractivity contribution in [2.24, 2.45) is 0 Å². The minimum absolute atomic E-state index is 0.156. The first-order valence-electron chi connectivity index (χ1n) is 5.10. The minimum atomic E-state index is -0.156. The lowest BCUT2D eigenvalue weighted by Gasteiger charge is -2.10. The number of anilines is 2. The summed E-state index contributed by atoms with van der Waals surface area (Å²) in [5.41, 5.74) is 1.55. The van der Waals surface area contributed by atoms with E-state index in [1.165, 1.54) is 6.08 Å². The molecular weight excluding hydrogens is 284 g/mol. The van der Waals surface area contributed by atoms with Crippen LogP contribution in [0.25, 0.3) is 0 Å². The highest BCUT2D eigenvalue weighted by Crippen LogP contribution is 2.27. The zero-order valence-electron chi connectivity index (χ0n) is 9.79. The Hall–Kier alpha value is -1.49. The highest BCUT2D eigenvalue weighted by atomic mass is 79.9. The second kappa shape index (κ2) is 6.96. The Morgan fingerprint density at radius 3 is 2.88 bits per heavy atom. The lowest BCUT2D eigenvalue weighted by atomic mass is 10.2. The van der Waals surface area contributed by atoms with Crippen molar-refractivity contribution in [1.82, 2.24) is 0 Å². The topological polar surface area (TPSA) is 50.4 Å². The lowest BCUT2D eigenvalue weighted by Crippen LogP contribution is -2.08. The van der Waals surface area contributed by atoms with E-state index >= 15 is 0 Å². The van der Waals surface area contributed by atoms with Gasteiger partial charge < -0.3 is 15.4 Å². The average molecular weight is 299 g/mol. The van der Waals surface area contributed by atoms with E-state index in [0.717, 1.165) is 17.1 Å². The summed E-state index contributed by atoms with van der Waals surface area (Å²) in [4.78, 5) is 11.5. The van der Waals surface area contributed by atoms with Crippen LogP contribution in [0.4, 0.5) is 11.4 Å². The third-order valence-corrected chi connectivity index (χ3v) is 2.47. The second-order valence-electron chi connectivity index (χ2n) is 3.21. The molecule has 1 aromatic rings. The van der Waals surface area contributed by atoms with Gasteiger partial charge in [0.25, 0.3) is 0 Å². The third kappa shape index (κ3) is 4.11. The van der Waals surface area contributed by atoms with Gasteiger partial charge in [-0.3, -0.25) is 4.79 Å². The first kappa shape index (κ1) is 13.6. The second-order valence-corrected chi connectivity index (χ2v) is 3.86. The number of rotatable bonds is 5. The fourth-order valence-corrected chi connectivity index (χ4v) is 1.50. The number of allylic oxidation sites excluding steroid dienone is 1. The molecule has 0 heterocycles. The molecule has 0 aliphatic carbocycles. The van der Waals surface area contributed by atoms with Crippen LogP contribution in [-0.2, 0) is 4.79 Å². The van der Waals surface area contributed by atoms with Gasteiger partial charge in [-0.15, -0.1) is 0 Å². The molecule has 0 aliphatic rings. The maximum absolute atomic E-state index is 11.5. The summed E-state index contributed by atoms with van der Waals surface area (Å²) < 4.78 is 5.17. The van der Waals surface area contributed by atoms with Crippen molar-refractivity contribution in [2.75, 3.05) is 30.1 Å². The van der Waals surface area contributed by atoms with E-state index in [1.54, 1.807) is 32.4 Å². The summed E-state index contributed by atoms with van der Waals surface area (Å²) in [6.07, 6.45) is 3.22. The number of benzene rings is 1. The average Bonchev–Trinajstić information content (AvgIpc) is 2.36. The molecule has 0 saturated carbocycles. The predicted octanol–water partition coefficient (Wildman–Crippen LogP) is 2.63. The Morgan fingerprint density at radius 1 is 1.53 bits per heavy atom. The van der Waals surface area contributed by atoms with Crippen molar-refractivity contribution >= 4 is 33.2 Å². The summed E-state index contributed by atoms with van der Waals surface area (Å²) >= 11 is 3.21. The van der Waals surface area contributed by atoms with Gasteiger partial charge in [-0.2, -0.15) is 0 Å². The van der Waals surface area contributed by atoms with Crippen molar-refractivity contribution in [3.8, 4) is 5.75 Å². The van der Waals surface area contributed by atoms with Gasteiger partial charge in [0.2, 0.25) is 5.91 Å². The molecule has 0 spiro atoms. The highest BCUT2D eigenvalue weighted by molar-refractivity contribution is 9.09. The zero-order chi connectivity index (χ0) is 12.7. The first-order chi connectivity index (χ1) is 8.21. The van der Waals surface area contributed by atoms with Gasteiger partial charge in [-0.05, 0) is 18.2 Å². The van der Waals surface area contributed by atoms with Crippen molar-refractivity contribution in [1.29, 1.82) is 0 Å². The molecule has 0 fully saturated rings. The zero-order valence-corrected chi connectivity index (χ0v) is 11.4. The smallest absolute Gasteiger partial charge is 0.248 e. The Labute approximate surface area is 109 Å². The van der Waals surface area contributed by atoms with Crippen LogP contribution in [0.15, 0.2) is 30.4 Å². The Bertz CT molecular complexity index is 419. The summed E-state index contributed by atoms with van der Waals surface area (Å²) in [7, 11) is 3.40. The number of hydrogen-bond acceptors (Lipinski definition) is 3. The van der Waals surface area contributed by atoms with Crippen molar-refractivity contribution in [3.63, 3.8) is 0 Å². The van der Waals surface area contributed by atoms with Crippen LogP contribution in [0.2, 0.25) is 0 Å². The molecule has 0 atom stereocenters. The molecule has 4 nitrogen and oxygen atoms in total. The standard InChI is InChI=1S/C12H15BrN2O2/c1-14-10-8-9(5-6-11(10)17-2)15-12(16)4-3-7-13/h3-6,8,14H,7H2,1-2H3,(H,15,16)/b4-3+. The number of nitrogens with one attached hydrogen (secondary N) is 2. The van der Waals surface area contributed by atoms with Gasteiger partial charge in [0.1, 0.15) is 5.75 Å². The van der Waals surface area contributed by atoms with Crippen LogP contribution < -0.4 is 15.4 Å². The van der Waals surface area contributed by atoms with Crippen molar-refractivity contribution in [3.05, 3.63) is 30.4 Å². The van der Waals surface area contributed by atoms with Gasteiger partial charge in [0, 0.05) is 24.1 Å². The molecule has 1 rings (SSSR count). The number of methoxy groups -OCH3 is 1. The number of carbonyl (C=O) groups excluding carboxylic acids is 1. The van der Waals surface area contributed by atoms with E-state index in [-0.39, 0.29) is 5.91 Å². The van der Waals surface area contributed by atoms with Gasteiger partial charge in [-0.25, -0.2) is 0 Å². The number of carbonyl (C=O) groups is 1. The number of amides is 1. The molecule has 0 aromatic heterocycles. The summed E-state index contributed by atoms with van der Waals surface area (Å²) in [6, 6.07) is 5.41. The molecule has 0 saturated heterocycles. The molecule has 17 heavy (non-hydrogen) atoms. The Kier molecular flexibility index (Phi) is 5.56. The van der Waals surface area contributed by atoms with E-state index in [9.17, 15) is 4.79 Å². The fourth-order valence-electron chi connectivity index (χ4n) is 1.32. The van der Waals surface area contributed by atoms with Crippen LogP contribution in [0.3, 0.4) is 0 Å². The maximum atomic E-state index is 11.5. The number of halogens is 1. The molecule has 92 valence electrons. The van der Waals surface area contributed by atoms with Gasteiger partial charge in [-0.1, -0.05) is 22.0 Å². The van der Waals surface area contributed by atoms with E-state index in [1.807, 2.05) is 6.07 Å². The minimum Gasteiger partial charge on any atom is -0.495 e. The molecule has 5 heteroatoms. The summed E-state index contributed by atoms with van der Waals surface area (Å²) in [5, 5.41) is 6.42. The lowest BCUT2D eigenvalue weighted by molar-refractivity contribution is -0.111. The largest absolute Gasteiger partial charge is 0.495 e. The van der Waals surface area contributed by atoms with Crippen LogP contribution in [0.1, 0.15) is 0 Å². The van der Waals surface area contributed by atoms with Crippen LogP contribution in [0.5, 0.6) is 5.75 Å². The monoisotopic (exact) mass is 298 g/mol. The summed E-state index contributed by atoms with van der Waals surface area (Å²) in [5.74, 6) is 0.582. The molecule has 1 aromatic carbocycles. The molecule has 0 bridgehead atoms. The predicted molar refractivity (Wildman–Crippen MR) is 74.1 cm³/mol. The number of ether oxygens (including phenoxy) is 1. The van der Waals surface area contributed by atoms with Gasteiger partial charge in [0.15, 0.2) is 0 Å². The Morgan fingerprint density at radius 2 is 2.29 bits per heavy atom. The third-order valence-electron chi connectivity index (χ3n) is 2.09. The van der Waals surface area contributed by atoms with Gasteiger partial charge in [0.05, 0.1) is 12.8 Å². The van der Waals surface area contributed by atoms with Crippen LogP contribution in [0, 0.1) is 0 Å². The maximum Gasteiger partial charge on any atom is 0.248 e. The SMILES string of the molecule is CNc1cc(NC(=O)/C=C/CBr)ccc1OC. The van der Waals surface area contributed by atoms with E-state index in [4.69, 9.17) is 4.74 Å². The highest BCUT2D eigenvalue weighted by Gasteiger charge is 2.03. The normalized spacial score (nSPS) is 10.3. The van der Waals surface area contributed by atoms with E-state index in [2.05, 4.69) is 26.6 Å². The number of alkyl halides is 1. The quantitative estimate of drug-likeness (QED) is 0.649. The van der Waals surface area contributed by atoms with Crippen molar-refractivity contribution < 1.29 is 9.53 Å². The molecule has 0 radical (unpaired) electrons. The fraction of sp³-hybridized carbons (Fsp3) is 0.250. The molecule has 0 aliphatic heterocycles. The molecule has 2 N–H and O–H groups in total. The molecule has 1 amide bonds.